The average Bonchev–Trinajstić information content (AvgIpc) is 2.77. The normalized spacial score (nSPS) is 10.4. The van der Waals surface area contributed by atoms with E-state index >= 15 is 0 Å². The Balaban J connectivity index is 2.00. The summed E-state index contributed by atoms with van der Waals surface area (Å²) < 4.78 is 1.76. The van der Waals surface area contributed by atoms with Gasteiger partial charge in [-0.15, -0.1) is 0 Å². The van der Waals surface area contributed by atoms with Crippen LogP contribution in [0.3, 0.4) is 0 Å². The Morgan fingerprint density at radius 2 is 2.26 bits per heavy atom. The Hall–Kier alpha value is -2.37. The second kappa shape index (κ2) is 5.51. The van der Waals surface area contributed by atoms with Crippen molar-refractivity contribution in [2.75, 3.05) is 11.9 Å². The minimum Gasteiger partial charge on any atom is -0.384 e. The molecule has 0 unspecified atom stereocenters. The van der Waals surface area contributed by atoms with Crippen molar-refractivity contribution in [2.24, 2.45) is 7.05 Å². The molecule has 2 aromatic rings. The molecule has 0 atom stereocenters. The SMILES string of the molecule is Cc1c(NCCc2cnn(C)c2)cccc1[N+](=O)[O-]. The molecule has 0 saturated heterocycles. The lowest BCUT2D eigenvalue weighted by Crippen LogP contribution is -2.06. The molecule has 0 fully saturated rings. The van der Waals surface area contributed by atoms with Gasteiger partial charge in [-0.3, -0.25) is 14.8 Å². The van der Waals surface area contributed by atoms with E-state index in [-0.39, 0.29) is 10.6 Å². The van der Waals surface area contributed by atoms with Gasteiger partial charge in [0.05, 0.1) is 11.1 Å². The second-order valence-electron chi connectivity index (χ2n) is 4.41. The Morgan fingerprint density at radius 3 is 2.89 bits per heavy atom. The minimum absolute atomic E-state index is 0.145. The highest BCUT2D eigenvalue weighted by molar-refractivity contribution is 5.59. The summed E-state index contributed by atoms with van der Waals surface area (Å²) >= 11 is 0. The highest BCUT2D eigenvalue weighted by Gasteiger charge is 2.12. The average molecular weight is 260 g/mol. The van der Waals surface area contributed by atoms with Crippen molar-refractivity contribution in [3.05, 3.63) is 51.8 Å². The lowest BCUT2D eigenvalue weighted by atomic mass is 10.1. The predicted octanol–water partition coefficient (Wildman–Crippen LogP) is 2.29. The van der Waals surface area contributed by atoms with Gasteiger partial charge < -0.3 is 5.32 Å². The number of nitro benzene ring substituents is 1. The number of benzene rings is 1. The molecule has 6 heteroatoms. The first kappa shape index (κ1) is 13.1. The molecule has 1 aromatic carbocycles. The summed E-state index contributed by atoms with van der Waals surface area (Å²) in [6.07, 6.45) is 4.61. The largest absolute Gasteiger partial charge is 0.384 e. The molecule has 100 valence electrons. The van der Waals surface area contributed by atoms with E-state index in [1.165, 1.54) is 6.07 Å². The van der Waals surface area contributed by atoms with Crippen LogP contribution in [-0.2, 0) is 13.5 Å². The quantitative estimate of drug-likeness (QED) is 0.661. The topological polar surface area (TPSA) is 73.0 Å². The van der Waals surface area contributed by atoms with Crippen LogP contribution < -0.4 is 5.32 Å². The highest BCUT2D eigenvalue weighted by Crippen LogP contribution is 2.24. The summed E-state index contributed by atoms with van der Waals surface area (Å²) in [5, 5.41) is 18.2. The van der Waals surface area contributed by atoms with Crippen LogP contribution in [0, 0.1) is 17.0 Å². The van der Waals surface area contributed by atoms with Gasteiger partial charge in [0.2, 0.25) is 0 Å². The Morgan fingerprint density at radius 1 is 1.47 bits per heavy atom. The molecule has 0 amide bonds. The molecule has 0 spiro atoms. The van der Waals surface area contributed by atoms with E-state index in [0.29, 0.717) is 12.1 Å². The molecule has 0 aliphatic heterocycles. The summed E-state index contributed by atoms with van der Waals surface area (Å²) in [7, 11) is 1.88. The van der Waals surface area contributed by atoms with Gasteiger partial charge in [-0.2, -0.15) is 5.10 Å². The van der Waals surface area contributed by atoms with E-state index in [4.69, 9.17) is 0 Å². The fourth-order valence-corrected chi connectivity index (χ4v) is 1.96. The number of rotatable bonds is 5. The van der Waals surface area contributed by atoms with Gasteiger partial charge in [-0.25, -0.2) is 0 Å². The van der Waals surface area contributed by atoms with Gasteiger partial charge in [-0.05, 0) is 25.0 Å². The first-order chi connectivity index (χ1) is 9.08. The van der Waals surface area contributed by atoms with Crippen LogP contribution >= 0.6 is 0 Å². The van der Waals surface area contributed by atoms with Crippen LogP contribution in [-0.4, -0.2) is 21.2 Å². The van der Waals surface area contributed by atoms with Gasteiger partial charge in [0.25, 0.3) is 5.69 Å². The highest BCUT2D eigenvalue weighted by atomic mass is 16.6. The predicted molar refractivity (Wildman–Crippen MR) is 73.2 cm³/mol. The molecule has 0 aliphatic carbocycles. The maximum absolute atomic E-state index is 10.8. The third-order valence-electron chi connectivity index (χ3n) is 2.99. The fraction of sp³-hybridized carbons (Fsp3) is 0.308. The van der Waals surface area contributed by atoms with Crippen molar-refractivity contribution in [1.82, 2.24) is 9.78 Å². The molecular formula is C13H16N4O2. The molecule has 6 nitrogen and oxygen atoms in total. The lowest BCUT2D eigenvalue weighted by Gasteiger charge is -2.08. The maximum Gasteiger partial charge on any atom is 0.274 e. The van der Waals surface area contributed by atoms with Crippen molar-refractivity contribution in [2.45, 2.75) is 13.3 Å². The van der Waals surface area contributed by atoms with Crippen molar-refractivity contribution in [1.29, 1.82) is 0 Å². The first-order valence-corrected chi connectivity index (χ1v) is 6.03. The monoisotopic (exact) mass is 260 g/mol. The van der Waals surface area contributed by atoms with Crippen LogP contribution in [0.1, 0.15) is 11.1 Å². The Labute approximate surface area is 111 Å². The number of hydrogen-bond acceptors (Lipinski definition) is 4. The zero-order chi connectivity index (χ0) is 13.8. The zero-order valence-electron chi connectivity index (χ0n) is 11.0. The van der Waals surface area contributed by atoms with Crippen LogP contribution in [0.25, 0.3) is 0 Å². The Kier molecular flexibility index (Phi) is 3.79. The number of aryl methyl sites for hydroxylation is 1. The molecule has 0 saturated carbocycles. The summed E-state index contributed by atoms with van der Waals surface area (Å²) in [5.74, 6) is 0. The van der Waals surface area contributed by atoms with E-state index in [0.717, 1.165) is 17.7 Å². The molecule has 0 radical (unpaired) electrons. The number of nitrogens with zero attached hydrogens (tertiary/aromatic N) is 3. The second-order valence-corrected chi connectivity index (χ2v) is 4.41. The molecular weight excluding hydrogens is 244 g/mol. The molecule has 19 heavy (non-hydrogen) atoms. The van der Waals surface area contributed by atoms with Gasteiger partial charge in [-0.1, -0.05) is 6.07 Å². The van der Waals surface area contributed by atoms with E-state index < -0.39 is 0 Å². The smallest absolute Gasteiger partial charge is 0.274 e. The fourth-order valence-electron chi connectivity index (χ4n) is 1.96. The summed E-state index contributed by atoms with van der Waals surface area (Å²) in [6.45, 7) is 2.47. The summed E-state index contributed by atoms with van der Waals surface area (Å²) in [6, 6.07) is 5.06. The van der Waals surface area contributed by atoms with Crippen molar-refractivity contribution < 1.29 is 4.92 Å². The third-order valence-corrected chi connectivity index (χ3v) is 2.99. The van der Waals surface area contributed by atoms with Gasteiger partial charge in [0.1, 0.15) is 0 Å². The van der Waals surface area contributed by atoms with Crippen LogP contribution in [0.5, 0.6) is 0 Å². The van der Waals surface area contributed by atoms with E-state index in [1.54, 1.807) is 17.7 Å². The molecule has 1 aromatic heterocycles. The molecule has 2 rings (SSSR count). The number of nitrogens with one attached hydrogen (secondary N) is 1. The standard InChI is InChI=1S/C13H16N4O2/c1-10-12(4-3-5-13(10)17(18)19)14-7-6-11-8-15-16(2)9-11/h3-5,8-9,14H,6-7H2,1-2H3. The Bertz CT molecular complexity index is 592. The molecule has 0 bridgehead atoms. The van der Waals surface area contributed by atoms with E-state index in [9.17, 15) is 10.1 Å². The van der Waals surface area contributed by atoms with Crippen LogP contribution in [0.4, 0.5) is 11.4 Å². The van der Waals surface area contributed by atoms with E-state index in [2.05, 4.69) is 10.4 Å². The van der Waals surface area contributed by atoms with Crippen molar-refractivity contribution in [3.63, 3.8) is 0 Å². The van der Waals surface area contributed by atoms with Crippen molar-refractivity contribution >= 4 is 11.4 Å². The molecule has 1 heterocycles. The van der Waals surface area contributed by atoms with E-state index in [1.807, 2.05) is 25.5 Å². The first-order valence-electron chi connectivity index (χ1n) is 6.03. The van der Waals surface area contributed by atoms with Gasteiger partial charge >= 0.3 is 0 Å². The molecule has 1 N–H and O–H groups in total. The minimum atomic E-state index is -0.359. The van der Waals surface area contributed by atoms with Crippen LogP contribution in [0.15, 0.2) is 30.6 Å². The number of anilines is 1. The zero-order valence-corrected chi connectivity index (χ0v) is 11.0. The van der Waals surface area contributed by atoms with Crippen molar-refractivity contribution in [3.8, 4) is 0 Å². The van der Waals surface area contributed by atoms with Gasteiger partial charge in [0.15, 0.2) is 0 Å². The van der Waals surface area contributed by atoms with Gasteiger partial charge in [0, 0.05) is 37.1 Å². The maximum atomic E-state index is 10.8. The number of hydrogen-bond donors (Lipinski definition) is 1. The summed E-state index contributed by atoms with van der Waals surface area (Å²) in [4.78, 5) is 10.5. The summed E-state index contributed by atoms with van der Waals surface area (Å²) in [5.41, 5.74) is 2.75. The third kappa shape index (κ3) is 3.09. The molecule has 0 aliphatic rings. The lowest BCUT2D eigenvalue weighted by molar-refractivity contribution is -0.385. The number of nitro groups is 1. The van der Waals surface area contributed by atoms with Crippen LogP contribution in [0.2, 0.25) is 0 Å². The number of aromatic nitrogens is 2.